The van der Waals surface area contributed by atoms with Gasteiger partial charge in [-0.1, -0.05) is 5.16 Å². The summed E-state index contributed by atoms with van der Waals surface area (Å²) >= 11 is 0. The van der Waals surface area contributed by atoms with Gasteiger partial charge in [-0.15, -0.1) is 0 Å². The fourth-order valence-corrected chi connectivity index (χ4v) is 6.19. The summed E-state index contributed by atoms with van der Waals surface area (Å²) in [4.78, 5) is 8.70. The minimum Gasteiger partial charge on any atom is -0.338 e. The van der Waals surface area contributed by atoms with E-state index in [1.807, 2.05) is 12.1 Å². The van der Waals surface area contributed by atoms with Crippen molar-refractivity contribution in [2.24, 2.45) is 28.9 Å². The second kappa shape index (κ2) is 5.90. The third-order valence-electron chi connectivity index (χ3n) is 6.70. The molecule has 0 unspecified atom stereocenters. The second-order valence-electron chi connectivity index (χ2n) is 8.81. The molecule has 5 heteroatoms. The zero-order valence-corrected chi connectivity index (χ0v) is 14.6. The monoisotopic (exact) mass is 338 g/mol. The molecule has 0 spiro atoms. The predicted molar refractivity (Wildman–Crippen MR) is 93.5 cm³/mol. The average Bonchev–Trinajstić information content (AvgIpc) is 3.02. The largest absolute Gasteiger partial charge is 0.338 e. The Hall–Kier alpha value is -1.75. The van der Waals surface area contributed by atoms with Gasteiger partial charge in [0.2, 0.25) is 5.89 Å². The smallest absolute Gasteiger partial charge is 0.243 e. The molecule has 0 saturated heterocycles. The van der Waals surface area contributed by atoms with E-state index in [1.54, 1.807) is 12.4 Å². The molecule has 4 aliphatic carbocycles. The molecule has 1 atom stereocenters. The van der Waals surface area contributed by atoms with E-state index in [2.05, 4.69) is 15.1 Å². The first-order valence-electron chi connectivity index (χ1n) is 9.64. The van der Waals surface area contributed by atoms with Gasteiger partial charge >= 0.3 is 0 Å². The van der Waals surface area contributed by atoms with Crippen LogP contribution in [0.15, 0.2) is 29.0 Å². The van der Waals surface area contributed by atoms with Crippen molar-refractivity contribution in [3.8, 4) is 0 Å². The predicted octanol–water partition coefficient (Wildman–Crippen LogP) is 3.47. The molecular weight excluding hydrogens is 312 g/mol. The maximum atomic E-state index is 6.28. The Morgan fingerprint density at radius 2 is 1.72 bits per heavy atom. The Labute approximate surface area is 148 Å². The first kappa shape index (κ1) is 15.5. The van der Waals surface area contributed by atoms with Crippen molar-refractivity contribution in [1.29, 1.82) is 0 Å². The summed E-state index contributed by atoms with van der Waals surface area (Å²) < 4.78 is 5.51. The van der Waals surface area contributed by atoms with E-state index in [0.29, 0.717) is 17.7 Å². The van der Waals surface area contributed by atoms with Crippen LogP contribution >= 0.6 is 0 Å². The molecule has 4 fully saturated rings. The van der Waals surface area contributed by atoms with E-state index in [9.17, 15) is 0 Å². The lowest BCUT2D eigenvalue weighted by Crippen LogP contribution is -2.47. The van der Waals surface area contributed by atoms with Crippen LogP contribution in [-0.2, 0) is 12.8 Å². The lowest BCUT2D eigenvalue weighted by molar-refractivity contribution is -0.0533. The minimum atomic E-state index is -0.250. The van der Waals surface area contributed by atoms with E-state index < -0.39 is 0 Å². The maximum absolute atomic E-state index is 6.28. The molecule has 4 saturated carbocycles. The topological polar surface area (TPSA) is 77.8 Å². The molecule has 2 aromatic rings. The highest BCUT2D eigenvalue weighted by Gasteiger charge is 2.51. The summed E-state index contributed by atoms with van der Waals surface area (Å²) in [7, 11) is 0. The van der Waals surface area contributed by atoms with E-state index in [-0.39, 0.29) is 6.04 Å². The molecular formula is C20H26N4O. The third-order valence-corrected chi connectivity index (χ3v) is 6.70. The third kappa shape index (κ3) is 2.99. The van der Waals surface area contributed by atoms with Crippen LogP contribution in [-0.4, -0.2) is 15.1 Å². The second-order valence-corrected chi connectivity index (χ2v) is 8.81. The van der Waals surface area contributed by atoms with Crippen LogP contribution in [0.25, 0.3) is 0 Å². The average molecular weight is 338 g/mol. The number of hydrogen-bond acceptors (Lipinski definition) is 5. The summed E-state index contributed by atoms with van der Waals surface area (Å²) in [6.45, 7) is 0. The van der Waals surface area contributed by atoms with Gasteiger partial charge in [0.05, 0.1) is 6.04 Å². The van der Waals surface area contributed by atoms with E-state index in [1.165, 1.54) is 38.5 Å². The molecule has 4 bridgehead atoms. The molecule has 0 radical (unpaired) electrons. The molecule has 5 nitrogen and oxygen atoms in total. The molecule has 2 aromatic heterocycles. The zero-order chi connectivity index (χ0) is 16.9. The molecule has 6 rings (SSSR count). The summed E-state index contributed by atoms with van der Waals surface area (Å²) in [5.74, 6) is 4.28. The number of rotatable bonds is 5. The van der Waals surface area contributed by atoms with Crippen LogP contribution < -0.4 is 5.73 Å². The minimum absolute atomic E-state index is 0.250. The number of hydrogen-bond donors (Lipinski definition) is 1. The summed E-state index contributed by atoms with van der Waals surface area (Å²) in [5.41, 5.74) is 7.86. The standard InChI is InChI=1S/C20H26N4O/c21-17(8-13-1-3-22-4-2-13)19-23-18(24-25-19)12-20-9-14-5-15(10-20)7-16(6-14)11-20/h1-4,14-17H,5-12,21H2/t14?,15?,16?,17-,20?/m0/s1. The highest BCUT2D eigenvalue weighted by atomic mass is 16.5. The fourth-order valence-electron chi connectivity index (χ4n) is 6.19. The maximum Gasteiger partial charge on any atom is 0.243 e. The van der Waals surface area contributed by atoms with Gasteiger partial charge in [0.1, 0.15) is 0 Å². The van der Waals surface area contributed by atoms with Crippen LogP contribution in [0.1, 0.15) is 61.8 Å². The van der Waals surface area contributed by atoms with Gasteiger partial charge < -0.3 is 10.3 Å². The lowest BCUT2D eigenvalue weighted by atomic mass is 9.49. The molecule has 25 heavy (non-hydrogen) atoms. The quantitative estimate of drug-likeness (QED) is 0.903. The molecule has 0 amide bonds. The van der Waals surface area contributed by atoms with Crippen LogP contribution in [0.2, 0.25) is 0 Å². The molecule has 132 valence electrons. The molecule has 4 aliphatic rings. The molecule has 0 aromatic carbocycles. The van der Waals surface area contributed by atoms with Crippen LogP contribution in [0.4, 0.5) is 0 Å². The van der Waals surface area contributed by atoms with Crippen molar-refractivity contribution < 1.29 is 4.52 Å². The van der Waals surface area contributed by atoms with Gasteiger partial charge in [-0.25, -0.2) is 0 Å². The summed E-state index contributed by atoms with van der Waals surface area (Å²) in [5, 5.41) is 4.28. The van der Waals surface area contributed by atoms with Gasteiger partial charge in [-0.05, 0) is 85.8 Å². The SMILES string of the molecule is N[C@@H](Cc1ccncc1)c1nc(CC23CC4CC(CC(C4)C2)C3)no1. The molecule has 2 heterocycles. The number of nitrogens with zero attached hydrogens (tertiary/aromatic N) is 3. The number of nitrogens with two attached hydrogens (primary N) is 1. The highest BCUT2D eigenvalue weighted by Crippen LogP contribution is 2.60. The number of aromatic nitrogens is 3. The van der Waals surface area contributed by atoms with Crippen molar-refractivity contribution in [3.63, 3.8) is 0 Å². The van der Waals surface area contributed by atoms with E-state index in [0.717, 1.165) is 35.6 Å². The fraction of sp³-hybridized carbons (Fsp3) is 0.650. The summed E-state index contributed by atoms with van der Waals surface area (Å²) in [6, 6.07) is 3.71. The van der Waals surface area contributed by atoms with E-state index >= 15 is 0 Å². The Morgan fingerprint density at radius 1 is 1.08 bits per heavy atom. The first-order valence-corrected chi connectivity index (χ1v) is 9.64. The van der Waals surface area contributed by atoms with E-state index in [4.69, 9.17) is 10.3 Å². The Kier molecular flexibility index (Phi) is 3.66. The van der Waals surface area contributed by atoms with Gasteiger partial charge in [0.25, 0.3) is 0 Å². The molecule has 0 aliphatic heterocycles. The molecule has 2 N–H and O–H groups in total. The van der Waals surface area contributed by atoms with Crippen molar-refractivity contribution in [2.75, 3.05) is 0 Å². The lowest BCUT2D eigenvalue weighted by Gasteiger charge is -2.56. The Balaban J connectivity index is 1.28. The van der Waals surface area contributed by atoms with Crippen LogP contribution in [0.5, 0.6) is 0 Å². The Bertz CT molecular complexity index is 706. The highest BCUT2D eigenvalue weighted by molar-refractivity contribution is 5.13. The van der Waals surface area contributed by atoms with Gasteiger partial charge in [-0.2, -0.15) is 4.98 Å². The van der Waals surface area contributed by atoms with Crippen LogP contribution in [0.3, 0.4) is 0 Å². The van der Waals surface area contributed by atoms with Crippen molar-refractivity contribution in [2.45, 2.75) is 57.4 Å². The normalized spacial score (nSPS) is 34.4. The van der Waals surface area contributed by atoms with Crippen LogP contribution in [0, 0.1) is 23.2 Å². The van der Waals surface area contributed by atoms with Crippen molar-refractivity contribution >= 4 is 0 Å². The number of pyridine rings is 1. The van der Waals surface area contributed by atoms with Crippen molar-refractivity contribution in [1.82, 2.24) is 15.1 Å². The van der Waals surface area contributed by atoms with Crippen molar-refractivity contribution in [3.05, 3.63) is 41.8 Å². The Morgan fingerprint density at radius 3 is 2.36 bits per heavy atom. The van der Waals surface area contributed by atoms with Gasteiger partial charge in [0, 0.05) is 18.8 Å². The van der Waals surface area contributed by atoms with Gasteiger partial charge in [-0.3, -0.25) is 4.98 Å². The van der Waals surface area contributed by atoms with Gasteiger partial charge in [0.15, 0.2) is 5.82 Å². The zero-order valence-electron chi connectivity index (χ0n) is 14.6. The summed E-state index contributed by atoms with van der Waals surface area (Å²) in [6.07, 6.45) is 13.7. The first-order chi connectivity index (χ1) is 12.2.